The molecule has 1 aromatic heterocycles. The first-order valence-corrected chi connectivity index (χ1v) is 4.76. The molecule has 15 heavy (non-hydrogen) atoms. The molecule has 1 rings (SSSR count). The van der Waals surface area contributed by atoms with Crippen LogP contribution in [-0.2, 0) is 6.54 Å². The maximum Gasteiger partial charge on any atom is 0.206 e. The molecule has 0 aliphatic rings. The van der Waals surface area contributed by atoms with E-state index in [2.05, 4.69) is 25.9 Å². The van der Waals surface area contributed by atoms with Crippen molar-refractivity contribution in [3.8, 4) is 0 Å². The van der Waals surface area contributed by atoms with Crippen LogP contribution < -0.4 is 16.6 Å². The molecule has 0 aliphatic heterocycles. The molecule has 1 aromatic rings. The number of aliphatic imine (C=N–C) groups is 1. The van der Waals surface area contributed by atoms with Crippen molar-refractivity contribution in [2.24, 2.45) is 10.8 Å². The first-order valence-electron chi connectivity index (χ1n) is 4.76. The number of nitrogens with two attached hydrogens (primary N) is 1. The van der Waals surface area contributed by atoms with E-state index in [4.69, 9.17) is 5.84 Å². The largest absolute Gasteiger partial charge is 0.353 e. The number of nitrogens with zero attached hydrogens (tertiary/aromatic N) is 3. The van der Waals surface area contributed by atoms with Crippen LogP contribution in [0.3, 0.4) is 0 Å². The summed E-state index contributed by atoms with van der Waals surface area (Å²) >= 11 is 0. The van der Waals surface area contributed by atoms with E-state index in [1.54, 1.807) is 6.20 Å². The van der Waals surface area contributed by atoms with Crippen molar-refractivity contribution < 1.29 is 0 Å². The zero-order chi connectivity index (χ0) is 11.1. The van der Waals surface area contributed by atoms with E-state index in [0.717, 1.165) is 5.69 Å². The Hall–Kier alpha value is -1.69. The zero-order valence-electron chi connectivity index (χ0n) is 8.94. The number of hydrogen-bond donors (Lipinski definition) is 3. The lowest BCUT2D eigenvalue weighted by Crippen LogP contribution is -2.44. The van der Waals surface area contributed by atoms with Gasteiger partial charge in [0, 0.05) is 12.2 Å². The minimum absolute atomic E-state index is 0.279. The Bertz CT molecular complexity index is 308. The van der Waals surface area contributed by atoms with Gasteiger partial charge in [-0.25, -0.2) is 10.8 Å². The fourth-order valence-electron chi connectivity index (χ4n) is 0.984. The summed E-state index contributed by atoms with van der Waals surface area (Å²) in [5, 5.41) is 10.7. The molecule has 6 heteroatoms. The van der Waals surface area contributed by atoms with Gasteiger partial charge < -0.3 is 5.32 Å². The summed E-state index contributed by atoms with van der Waals surface area (Å²) in [6, 6.07) is 3.96. The summed E-state index contributed by atoms with van der Waals surface area (Å²) in [5.74, 6) is 5.86. The summed E-state index contributed by atoms with van der Waals surface area (Å²) in [7, 11) is 0. The van der Waals surface area contributed by atoms with Crippen LogP contribution >= 0.6 is 0 Å². The van der Waals surface area contributed by atoms with Gasteiger partial charge in [-0.15, -0.1) is 0 Å². The number of hydrazine groups is 1. The second-order valence-corrected chi connectivity index (χ2v) is 3.32. The molecule has 0 aromatic carbocycles. The van der Waals surface area contributed by atoms with Crippen LogP contribution in [-0.4, -0.2) is 22.2 Å². The SMILES string of the molecule is CC(C)NC(=NCc1cccnn1)NN. The molecule has 0 fully saturated rings. The van der Waals surface area contributed by atoms with Gasteiger partial charge in [0.15, 0.2) is 0 Å². The predicted octanol–water partition coefficient (Wildman–Crippen LogP) is -0.206. The third-order valence-corrected chi connectivity index (χ3v) is 1.59. The highest BCUT2D eigenvalue weighted by Gasteiger charge is 1.98. The Morgan fingerprint density at radius 1 is 1.60 bits per heavy atom. The van der Waals surface area contributed by atoms with Crippen molar-refractivity contribution in [1.29, 1.82) is 0 Å². The van der Waals surface area contributed by atoms with Crippen LogP contribution in [0.1, 0.15) is 19.5 Å². The van der Waals surface area contributed by atoms with Gasteiger partial charge in [0.1, 0.15) is 0 Å². The van der Waals surface area contributed by atoms with Crippen LogP contribution in [0.4, 0.5) is 0 Å². The highest BCUT2D eigenvalue weighted by atomic mass is 15.3. The second-order valence-electron chi connectivity index (χ2n) is 3.32. The quantitative estimate of drug-likeness (QED) is 0.277. The van der Waals surface area contributed by atoms with Crippen LogP contribution in [0.2, 0.25) is 0 Å². The molecule has 0 radical (unpaired) electrons. The minimum atomic E-state index is 0.279. The van der Waals surface area contributed by atoms with Crippen molar-refractivity contribution in [3.63, 3.8) is 0 Å². The van der Waals surface area contributed by atoms with Crippen LogP contribution in [0.5, 0.6) is 0 Å². The molecule has 0 amide bonds. The summed E-state index contributed by atoms with van der Waals surface area (Å²) in [6.45, 7) is 4.47. The molecule has 4 N–H and O–H groups in total. The number of hydrogen-bond acceptors (Lipinski definition) is 4. The van der Waals surface area contributed by atoms with E-state index >= 15 is 0 Å². The standard InChI is InChI=1S/C9H16N6/c1-7(2)13-9(14-10)11-6-8-4-3-5-12-15-8/h3-5,7H,6,10H2,1-2H3,(H2,11,13,14). The molecule has 0 aliphatic carbocycles. The van der Waals surface area contributed by atoms with Crippen LogP contribution in [0, 0.1) is 0 Å². The summed E-state index contributed by atoms with van der Waals surface area (Å²) < 4.78 is 0. The molecule has 1 heterocycles. The first-order chi connectivity index (χ1) is 7.22. The maximum atomic E-state index is 5.31. The van der Waals surface area contributed by atoms with Gasteiger partial charge in [-0.1, -0.05) is 0 Å². The molecule has 0 bridgehead atoms. The third-order valence-electron chi connectivity index (χ3n) is 1.59. The first kappa shape index (κ1) is 11.4. The van der Waals surface area contributed by atoms with Crippen molar-refractivity contribution in [1.82, 2.24) is 20.9 Å². The van der Waals surface area contributed by atoms with Crippen molar-refractivity contribution in [2.75, 3.05) is 0 Å². The number of guanidine groups is 1. The molecule has 6 nitrogen and oxygen atoms in total. The Kier molecular flexibility index (Phi) is 4.49. The normalized spacial score (nSPS) is 11.6. The lowest BCUT2D eigenvalue weighted by molar-refractivity contribution is 0.700. The van der Waals surface area contributed by atoms with E-state index in [1.165, 1.54) is 0 Å². The fourth-order valence-corrected chi connectivity index (χ4v) is 0.984. The van der Waals surface area contributed by atoms with Gasteiger partial charge in [-0.05, 0) is 26.0 Å². The Morgan fingerprint density at radius 3 is 2.93 bits per heavy atom. The van der Waals surface area contributed by atoms with Gasteiger partial charge in [0.25, 0.3) is 0 Å². The van der Waals surface area contributed by atoms with E-state index < -0.39 is 0 Å². The summed E-state index contributed by atoms with van der Waals surface area (Å²) in [6.07, 6.45) is 1.63. The van der Waals surface area contributed by atoms with Gasteiger partial charge in [-0.2, -0.15) is 10.2 Å². The Labute approximate surface area is 89.0 Å². The smallest absolute Gasteiger partial charge is 0.206 e. The van der Waals surface area contributed by atoms with E-state index in [0.29, 0.717) is 12.5 Å². The molecular weight excluding hydrogens is 192 g/mol. The highest BCUT2D eigenvalue weighted by molar-refractivity contribution is 5.79. The van der Waals surface area contributed by atoms with Gasteiger partial charge in [0.05, 0.1) is 12.2 Å². The third kappa shape index (κ3) is 4.37. The number of nitrogens with one attached hydrogen (secondary N) is 2. The zero-order valence-corrected chi connectivity index (χ0v) is 8.94. The second kappa shape index (κ2) is 5.92. The van der Waals surface area contributed by atoms with Gasteiger partial charge >= 0.3 is 0 Å². The topological polar surface area (TPSA) is 88.2 Å². The molecule has 0 atom stereocenters. The van der Waals surface area contributed by atoms with Crippen molar-refractivity contribution in [3.05, 3.63) is 24.0 Å². The predicted molar refractivity (Wildman–Crippen MR) is 58.8 cm³/mol. The number of rotatable bonds is 3. The highest BCUT2D eigenvalue weighted by Crippen LogP contribution is 1.93. The summed E-state index contributed by atoms with van der Waals surface area (Å²) in [4.78, 5) is 4.22. The molecule has 0 saturated carbocycles. The molecule has 0 saturated heterocycles. The lowest BCUT2D eigenvalue weighted by Gasteiger charge is -2.11. The minimum Gasteiger partial charge on any atom is -0.353 e. The molecular formula is C9H16N6. The maximum absolute atomic E-state index is 5.31. The van der Waals surface area contributed by atoms with Crippen molar-refractivity contribution in [2.45, 2.75) is 26.4 Å². The fraction of sp³-hybridized carbons (Fsp3) is 0.444. The average molecular weight is 208 g/mol. The molecule has 0 unspecified atom stereocenters. The van der Waals surface area contributed by atoms with E-state index in [-0.39, 0.29) is 6.04 Å². The van der Waals surface area contributed by atoms with E-state index in [1.807, 2.05) is 26.0 Å². The Morgan fingerprint density at radius 2 is 2.40 bits per heavy atom. The van der Waals surface area contributed by atoms with Gasteiger partial charge in [-0.3, -0.25) is 5.43 Å². The lowest BCUT2D eigenvalue weighted by atomic mass is 10.4. The van der Waals surface area contributed by atoms with Crippen molar-refractivity contribution >= 4 is 5.96 Å². The molecule has 82 valence electrons. The summed E-state index contributed by atoms with van der Waals surface area (Å²) in [5.41, 5.74) is 3.30. The number of aromatic nitrogens is 2. The van der Waals surface area contributed by atoms with Crippen LogP contribution in [0.15, 0.2) is 23.3 Å². The van der Waals surface area contributed by atoms with Gasteiger partial charge in [0.2, 0.25) is 5.96 Å². The molecule has 0 spiro atoms. The monoisotopic (exact) mass is 208 g/mol. The van der Waals surface area contributed by atoms with E-state index in [9.17, 15) is 0 Å². The Balaban J connectivity index is 2.54. The average Bonchev–Trinajstić information content (AvgIpc) is 2.25. The van der Waals surface area contributed by atoms with Crippen LogP contribution in [0.25, 0.3) is 0 Å².